The molecule has 0 saturated carbocycles. The van der Waals surface area contributed by atoms with Crippen LogP contribution in [0.3, 0.4) is 0 Å². The van der Waals surface area contributed by atoms with Crippen molar-refractivity contribution in [3.8, 4) is 17.2 Å². The van der Waals surface area contributed by atoms with Gasteiger partial charge in [0, 0.05) is 10.6 Å². The second kappa shape index (κ2) is 13.4. The summed E-state index contributed by atoms with van der Waals surface area (Å²) in [4.78, 5) is 32.2. The van der Waals surface area contributed by atoms with Gasteiger partial charge in [-0.1, -0.05) is 53.3 Å². The fourth-order valence-corrected chi connectivity index (χ4v) is 6.79. The van der Waals surface area contributed by atoms with Gasteiger partial charge in [0.05, 0.1) is 46.2 Å². The third kappa shape index (κ3) is 6.36. The molecular formula is C32H28ClIN2O6S. The number of allylic oxidation sites excluding steroid dienone is 1. The van der Waals surface area contributed by atoms with Gasteiger partial charge >= 0.3 is 5.97 Å². The zero-order chi connectivity index (χ0) is 30.7. The molecule has 5 rings (SSSR count). The molecular weight excluding hydrogens is 703 g/mol. The lowest BCUT2D eigenvalue weighted by molar-refractivity contribution is -0.139. The highest BCUT2D eigenvalue weighted by Crippen LogP contribution is 2.35. The molecule has 2 heterocycles. The minimum absolute atomic E-state index is 0.202. The van der Waals surface area contributed by atoms with E-state index in [9.17, 15) is 9.59 Å². The van der Waals surface area contributed by atoms with E-state index in [4.69, 9.17) is 30.5 Å². The average Bonchev–Trinajstić information content (AvgIpc) is 3.30. The van der Waals surface area contributed by atoms with E-state index >= 15 is 0 Å². The van der Waals surface area contributed by atoms with Gasteiger partial charge in [-0.05, 0) is 84.0 Å². The van der Waals surface area contributed by atoms with Crippen LogP contribution in [-0.2, 0) is 16.1 Å². The lowest BCUT2D eigenvalue weighted by Gasteiger charge is -2.24. The molecule has 1 aliphatic heterocycles. The largest absolute Gasteiger partial charge is 0.497 e. The molecule has 0 aliphatic carbocycles. The molecule has 43 heavy (non-hydrogen) atoms. The van der Waals surface area contributed by atoms with Crippen molar-refractivity contribution < 1.29 is 23.7 Å². The summed E-state index contributed by atoms with van der Waals surface area (Å²) < 4.78 is 25.3. The van der Waals surface area contributed by atoms with E-state index in [1.165, 1.54) is 11.3 Å². The second-order valence-electron chi connectivity index (χ2n) is 9.49. The highest BCUT2D eigenvalue weighted by atomic mass is 127. The molecule has 222 valence electrons. The topological polar surface area (TPSA) is 88.4 Å². The van der Waals surface area contributed by atoms with E-state index in [2.05, 4.69) is 27.6 Å². The van der Waals surface area contributed by atoms with E-state index in [-0.39, 0.29) is 18.8 Å². The number of fused-ring (bicyclic) bond motifs is 1. The number of halogens is 2. The van der Waals surface area contributed by atoms with Crippen molar-refractivity contribution in [3.63, 3.8) is 0 Å². The predicted octanol–water partition coefficient (Wildman–Crippen LogP) is 5.65. The average molecular weight is 731 g/mol. The first kappa shape index (κ1) is 30.8. The number of benzene rings is 3. The Bertz CT molecular complexity index is 1900. The van der Waals surface area contributed by atoms with Gasteiger partial charge in [0.25, 0.3) is 5.56 Å². The zero-order valence-electron chi connectivity index (χ0n) is 23.9. The van der Waals surface area contributed by atoms with Gasteiger partial charge in [0.1, 0.15) is 12.4 Å². The Morgan fingerprint density at radius 3 is 2.53 bits per heavy atom. The molecule has 0 unspecified atom stereocenters. The summed E-state index contributed by atoms with van der Waals surface area (Å²) in [6.07, 6.45) is 1.79. The highest BCUT2D eigenvalue weighted by Gasteiger charge is 2.33. The maximum Gasteiger partial charge on any atom is 0.338 e. The van der Waals surface area contributed by atoms with Crippen LogP contribution in [0.5, 0.6) is 17.2 Å². The van der Waals surface area contributed by atoms with Crippen molar-refractivity contribution in [1.82, 2.24) is 4.57 Å². The number of methoxy groups -OCH3 is 2. The number of esters is 1. The monoisotopic (exact) mass is 730 g/mol. The standard InChI is InChI=1S/C32H28ClIN2O6S/c1-5-41-31(38)27-18(2)35-32-36(28(27)20-10-12-22(39-3)13-11-20)30(37)26(43-32)16-19-14-24(34)29(25(15-19)40-4)42-17-21-8-6-7-9-23(21)33/h6-16,28H,5,17H2,1-4H3/b26-16+/t28-/m1/s1. The number of ether oxygens (including phenoxy) is 4. The van der Waals surface area contributed by atoms with Crippen LogP contribution in [0.1, 0.15) is 36.6 Å². The van der Waals surface area contributed by atoms with Gasteiger partial charge in [-0.3, -0.25) is 9.36 Å². The first-order valence-electron chi connectivity index (χ1n) is 13.3. The predicted molar refractivity (Wildman–Crippen MR) is 175 cm³/mol. The van der Waals surface area contributed by atoms with Gasteiger partial charge < -0.3 is 18.9 Å². The summed E-state index contributed by atoms with van der Waals surface area (Å²) >= 11 is 9.74. The van der Waals surface area contributed by atoms with Crippen molar-refractivity contribution in [2.24, 2.45) is 4.99 Å². The Morgan fingerprint density at radius 1 is 1.12 bits per heavy atom. The van der Waals surface area contributed by atoms with Gasteiger partial charge in [-0.25, -0.2) is 9.79 Å². The van der Waals surface area contributed by atoms with Crippen LogP contribution < -0.4 is 29.1 Å². The van der Waals surface area contributed by atoms with Crippen LogP contribution in [0.2, 0.25) is 5.02 Å². The molecule has 4 aromatic rings. The Hall–Kier alpha value is -3.61. The number of nitrogens with zero attached hydrogens (tertiary/aromatic N) is 2. The summed E-state index contributed by atoms with van der Waals surface area (Å²) in [6, 6.07) is 17.8. The first-order valence-corrected chi connectivity index (χ1v) is 15.6. The van der Waals surface area contributed by atoms with Crippen molar-refractivity contribution in [2.45, 2.75) is 26.5 Å². The molecule has 3 aromatic carbocycles. The van der Waals surface area contributed by atoms with E-state index < -0.39 is 12.0 Å². The van der Waals surface area contributed by atoms with E-state index in [0.717, 1.165) is 20.3 Å². The molecule has 0 spiro atoms. The SMILES string of the molecule is CCOC(=O)C1=C(C)N=c2s/c(=C/c3cc(I)c(OCc4ccccc4Cl)c(OC)c3)c(=O)n2[C@@H]1c1ccc(OC)cc1. The zero-order valence-corrected chi connectivity index (χ0v) is 27.6. The number of hydrogen-bond acceptors (Lipinski definition) is 8. The van der Waals surface area contributed by atoms with Gasteiger partial charge in [-0.2, -0.15) is 0 Å². The number of carbonyl (C=O) groups is 1. The van der Waals surface area contributed by atoms with Crippen molar-refractivity contribution in [2.75, 3.05) is 20.8 Å². The molecule has 1 atom stereocenters. The maximum absolute atomic E-state index is 14.0. The molecule has 0 amide bonds. The number of hydrogen-bond donors (Lipinski definition) is 0. The van der Waals surface area contributed by atoms with Crippen LogP contribution in [0.25, 0.3) is 6.08 Å². The van der Waals surface area contributed by atoms with Crippen molar-refractivity contribution >= 4 is 57.6 Å². The van der Waals surface area contributed by atoms with Crippen molar-refractivity contribution in [1.29, 1.82) is 0 Å². The first-order chi connectivity index (χ1) is 20.7. The minimum Gasteiger partial charge on any atom is -0.497 e. The summed E-state index contributed by atoms with van der Waals surface area (Å²) in [7, 11) is 3.15. The Labute approximate surface area is 271 Å². The summed E-state index contributed by atoms with van der Waals surface area (Å²) in [5.74, 6) is 1.26. The van der Waals surface area contributed by atoms with E-state index in [1.54, 1.807) is 50.8 Å². The number of carbonyl (C=O) groups excluding carboxylic acids is 1. The number of aromatic nitrogens is 1. The van der Waals surface area contributed by atoms with Crippen LogP contribution >= 0.6 is 45.5 Å². The molecule has 0 saturated heterocycles. The third-order valence-corrected chi connectivity index (χ3v) is 8.98. The molecule has 11 heteroatoms. The molecule has 1 aliphatic rings. The quantitative estimate of drug-likeness (QED) is 0.164. The molecule has 1 aromatic heterocycles. The molecule has 0 fully saturated rings. The fraction of sp³-hybridized carbons (Fsp3) is 0.219. The van der Waals surface area contributed by atoms with Gasteiger partial charge in [0.2, 0.25) is 0 Å². The Morgan fingerprint density at radius 2 is 1.86 bits per heavy atom. The lowest BCUT2D eigenvalue weighted by Crippen LogP contribution is -2.39. The van der Waals surface area contributed by atoms with Crippen molar-refractivity contribution in [3.05, 3.63) is 117 Å². The lowest BCUT2D eigenvalue weighted by atomic mass is 9.96. The summed E-state index contributed by atoms with van der Waals surface area (Å²) in [6.45, 7) is 3.98. The Kier molecular flexibility index (Phi) is 9.58. The van der Waals surface area contributed by atoms with Gasteiger partial charge in [-0.15, -0.1) is 0 Å². The molecule has 0 radical (unpaired) electrons. The van der Waals surface area contributed by atoms with Crippen LogP contribution in [0.15, 0.2) is 81.7 Å². The minimum atomic E-state index is -0.710. The van der Waals surface area contributed by atoms with Crippen LogP contribution in [-0.4, -0.2) is 31.4 Å². The van der Waals surface area contributed by atoms with Crippen LogP contribution in [0.4, 0.5) is 0 Å². The van der Waals surface area contributed by atoms with E-state index in [0.29, 0.717) is 42.9 Å². The van der Waals surface area contributed by atoms with Crippen LogP contribution in [0, 0.1) is 3.57 Å². The fourth-order valence-electron chi connectivity index (χ4n) is 4.77. The molecule has 0 N–H and O–H groups in total. The third-order valence-electron chi connectivity index (χ3n) is 6.83. The summed E-state index contributed by atoms with van der Waals surface area (Å²) in [5.41, 5.74) is 2.90. The molecule has 8 nitrogen and oxygen atoms in total. The second-order valence-corrected chi connectivity index (χ2v) is 12.1. The Balaban J connectivity index is 1.58. The van der Waals surface area contributed by atoms with Gasteiger partial charge in [0.15, 0.2) is 16.3 Å². The smallest absolute Gasteiger partial charge is 0.338 e. The maximum atomic E-state index is 14.0. The van der Waals surface area contributed by atoms with E-state index in [1.807, 2.05) is 48.5 Å². The molecule has 0 bridgehead atoms. The number of rotatable bonds is 9. The number of thiazole rings is 1. The summed E-state index contributed by atoms with van der Waals surface area (Å²) in [5, 5.41) is 0.623. The normalized spacial score (nSPS) is 14.7. The highest BCUT2D eigenvalue weighted by molar-refractivity contribution is 14.1.